The number of anilines is 1. The topological polar surface area (TPSA) is 98.1 Å². The molecule has 2 aromatic heterocycles. The number of carbonyl (C=O) groups is 2. The van der Waals surface area contributed by atoms with Gasteiger partial charge >= 0.3 is 0 Å². The fourth-order valence-electron chi connectivity index (χ4n) is 3.02. The van der Waals surface area contributed by atoms with E-state index in [9.17, 15) is 18.0 Å². The molecule has 0 saturated heterocycles. The lowest BCUT2D eigenvalue weighted by Gasteiger charge is -2.07. The van der Waals surface area contributed by atoms with Crippen LogP contribution in [0.2, 0.25) is 5.02 Å². The first-order valence-corrected chi connectivity index (χ1v) is 10.6. The molecule has 9 heteroatoms. The van der Waals surface area contributed by atoms with E-state index in [0.717, 1.165) is 10.2 Å². The summed E-state index contributed by atoms with van der Waals surface area (Å²) in [6, 6.07) is 15.4. The van der Waals surface area contributed by atoms with Gasteiger partial charge in [0.05, 0.1) is 16.0 Å². The van der Waals surface area contributed by atoms with Crippen molar-refractivity contribution in [3.05, 3.63) is 89.8 Å². The number of hydrogen-bond donors (Lipinski definition) is 1. The predicted molar refractivity (Wildman–Crippen MR) is 113 cm³/mol. The minimum Gasteiger partial charge on any atom is -0.319 e. The van der Waals surface area contributed by atoms with Gasteiger partial charge in [0, 0.05) is 34.7 Å². The van der Waals surface area contributed by atoms with Gasteiger partial charge in [-0.15, -0.1) is 0 Å². The number of fused-ring (bicyclic) bond motifs is 1. The number of pyridine rings is 1. The van der Waals surface area contributed by atoms with Crippen molar-refractivity contribution in [1.82, 2.24) is 8.96 Å². The van der Waals surface area contributed by atoms with Gasteiger partial charge in [-0.1, -0.05) is 35.9 Å². The Balaban J connectivity index is 1.80. The molecule has 0 fully saturated rings. The van der Waals surface area contributed by atoms with Crippen LogP contribution in [-0.2, 0) is 14.8 Å². The predicted octanol–water partition coefficient (Wildman–Crippen LogP) is 3.75. The molecule has 4 rings (SSSR count). The summed E-state index contributed by atoms with van der Waals surface area (Å²) >= 11 is 5.95. The number of amides is 1. The summed E-state index contributed by atoms with van der Waals surface area (Å²) in [5.74, 6) is -1.74. The van der Waals surface area contributed by atoms with Crippen LogP contribution in [-0.4, -0.2) is 29.1 Å². The Morgan fingerprint density at radius 1 is 0.967 bits per heavy atom. The molecule has 0 saturated carbocycles. The number of hydrogen-bond acceptors (Lipinski definition) is 5. The second-order valence-corrected chi connectivity index (χ2v) is 8.59. The average molecular weight is 440 g/mol. The third-order valence-corrected chi connectivity index (χ3v) is 6.32. The highest BCUT2D eigenvalue weighted by Crippen LogP contribution is 2.27. The van der Waals surface area contributed by atoms with Gasteiger partial charge in [0.1, 0.15) is 0 Å². The van der Waals surface area contributed by atoms with E-state index in [0.29, 0.717) is 11.1 Å². The lowest BCUT2D eigenvalue weighted by molar-refractivity contribution is -0.112. The zero-order valence-electron chi connectivity index (χ0n) is 15.3. The summed E-state index contributed by atoms with van der Waals surface area (Å²) in [5.41, 5.74) is 0.652. The van der Waals surface area contributed by atoms with Gasteiger partial charge in [-0.25, -0.2) is 12.4 Å². The molecule has 30 heavy (non-hydrogen) atoms. The fourth-order valence-corrected chi connectivity index (χ4v) is 4.69. The first kappa shape index (κ1) is 19.8. The average Bonchev–Trinajstić information content (AvgIpc) is 3.14. The number of halogens is 1. The van der Waals surface area contributed by atoms with Gasteiger partial charge in [-0.2, -0.15) is 0 Å². The fraction of sp³-hybridized carbons (Fsp3) is 0. The second kappa shape index (κ2) is 7.74. The Bertz CT molecular complexity index is 1380. The normalized spacial score (nSPS) is 11.4. The van der Waals surface area contributed by atoms with Crippen LogP contribution >= 0.6 is 11.6 Å². The summed E-state index contributed by atoms with van der Waals surface area (Å²) in [6.45, 7) is 0. The molecule has 0 aliphatic carbocycles. The first-order chi connectivity index (χ1) is 14.4. The van der Waals surface area contributed by atoms with Crippen LogP contribution < -0.4 is 5.32 Å². The third kappa shape index (κ3) is 3.58. The summed E-state index contributed by atoms with van der Waals surface area (Å²) in [5, 5.41) is 3.10. The minimum absolute atomic E-state index is 0.0252. The van der Waals surface area contributed by atoms with Gasteiger partial charge in [-0.3, -0.25) is 14.6 Å². The Morgan fingerprint density at radius 2 is 1.70 bits per heavy atom. The van der Waals surface area contributed by atoms with Gasteiger partial charge in [-0.05, 0) is 36.4 Å². The second-order valence-electron chi connectivity index (χ2n) is 6.34. The SMILES string of the molecule is O=C(Nc1ccncc1)C(=O)c1cn(S(=O)(=O)c2cccc(Cl)c2)c2ccccc12. The molecule has 0 aliphatic heterocycles. The first-order valence-electron chi connectivity index (χ1n) is 8.75. The van der Waals surface area contributed by atoms with E-state index < -0.39 is 21.7 Å². The molecular formula is C21H14ClN3O4S. The number of nitrogens with zero attached hydrogens (tertiary/aromatic N) is 2. The van der Waals surface area contributed by atoms with Crippen LogP contribution in [0.15, 0.2) is 84.1 Å². The molecule has 150 valence electrons. The number of benzene rings is 2. The van der Waals surface area contributed by atoms with E-state index in [2.05, 4.69) is 10.3 Å². The summed E-state index contributed by atoms with van der Waals surface area (Å²) in [6.07, 6.45) is 4.11. The molecule has 0 aliphatic rings. The van der Waals surface area contributed by atoms with Crippen LogP contribution in [0.1, 0.15) is 10.4 Å². The lowest BCUT2D eigenvalue weighted by Crippen LogP contribution is -2.22. The van der Waals surface area contributed by atoms with E-state index in [1.165, 1.54) is 42.7 Å². The summed E-state index contributed by atoms with van der Waals surface area (Å²) < 4.78 is 27.4. The maximum absolute atomic E-state index is 13.2. The Morgan fingerprint density at radius 3 is 2.43 bits per heavy atom. The number of carbonyl (C=O) groups excluding carboxylic acids is 2. The molecule has 1 N–H and O–H groups in total. The lowest BCUT2D eigenvalue weighted by atomic mass is 10.1. The zero-order chi connectivity index (χ0) is 21.3. The molecule has 0 bridgehead atoms. The maximum atomic E-state index is 13.2. The van der Waals surface area contributed by atoms with Crippen molar-refractivity contribution in [2.75, 3.05) is 5.32 Å². The van der Waals surface area contributed by atoms with Crippen molar-refractivity contribution in [2.45, 2.75) is 4.90 Å². The zero-order valence-corrected chi connectivity index (χ0v) is 16.9. The number of nitrogens with one attached hydrogen (secondary N) is 1. The standard InChI is InChI=1S/C21H14ClN3O4S/c22-14-4-3-5-16(12-14)30(28,29)25-13-18(17-6-1-2-7-19(17)25)20(26)21(27)24-15-8-10-23-11-9-15/h1-13H,(H,23,24,27). The maximum Gasteiger partial charge on any atom is 0.296 e. The molecule has 0 atom stereocenters. The van der Waals surface area contributed by atoms with E-state index in [-0.39, 0.29) is 21.0 Å². The Labute approximate surface area is 177 Å². The van der Waals surface area contributed by atoms with Crippen molar-refractivity contribution in [2.24, 2.45) is 0 Å². The number of Topliss-reactive ketones (excluding diaryl/α,β-unsaturated/α-hetero) is 1. The largest absolute Gasteiger partial charge is 0.319 e. The van der Waals surface area contributed by atoms with Gasteiger partial charge in [0.15, 0.2) is 0 Å². The number of aromatic nitrogens is 2. The van der Waals surface area contributed by atoms with Gasteiger partial charge < -0.3 is 5.32 Å². The molecule has 4 aromatic rings. The van der Waals surface area contributed by atoms with Gasteiger partial charge in [0.2, 0.25) is 0 Å². The van der Waals surface area contributed by atoms with Crippen molar-refractivity contribution in [3.8, 4) is 0 Å². The van der Waals surface area contributed by atoms with Crippen LogP contribution in [0, 0.1) is 0 Å². The monoisotopic (exact) mass is 439 g/mol. The molecule has 2 heterocycles. The minimum atomic E-state index is -4.05. The highest BCUT2D eigenvalue weighted by atomic mass is 35.5. The van der Waals surface area contributed by atoms with Crippen molar-refractivity contribution >= 4 is 49.9 Å². The van der Waals surface area contributed by atoms with Crippen molar-refractivity contribution in [3.63, 3.8) is 0 Å². The Hall–Kier alpha value is -3.49. The number of rotatable bonds is 5. The molecular weight excluding hydrogens is 426 g/mol. The van der Waals surface area contributed by atoms with E-state index >= 15 is 0 Å². The van der Waals surface area contributed by atoms with Crippen molar-refractivity contribution < 1.29 is 18.0 Å². The van der Waals surface area contributed by atoms with E-state index in [4.69, 9.17) is 11.6 Å². The summed E-state index contributed by atoms with van der Waals surface area (Å²) in [4.78, 5) is 29.1. The van der Waals surface area contributed by atoms with Crippen LogP contribution in [0.4, 0.5) is 5.69 Å². The van der Waals surface area contributed by atoms with Crippen LogP contribution in [0.3, 0.4) is 0 Å². The summed E-state index contributed by atoms with van der Waals surface area (Å²) in [7, 11) is -4.05. The Kier molecular flexibility index (Phi) is 5.11. The number of ketones is 1. The van der Waals surface area contributed by atoms with Gasteiger partial charge in [0.25, 0.3) is 21.7 Å². The molecule has 1 amide bonds. The number of para-hydroxylation sites is 1. The van der Waals surface area contributed by atoms with E-state index in [1.807, 2.05) is 0 Å². The van der Waals surface area contributed by atoms with E-state index in [1.54, 1.807) is 30.3 Å². The molecule has 0 spiro atoms. The highest BCUT2D eigenvalue weighted by molar-refractivity contribution is 7.90. The quantitative estimate of drug-likeness (QED) is 0.377. The van der Waals surface area contributed by atoms with Crippen LogP contribution in [0.5, 0.6) is 0 Å². The van der Waals surface area contributed by atoms with Crippen molar-refractivity contribution in [1.29, 1.82) is 0 Å². The highest BCUT2D eigenvalue weighted by Gasteiger charge is 2.26. The molecule has 2 aromatic carbocycles. The molecule has 0 unspecified atom stereocenters. The molecule has 0 radical (unpaired) electrons. The molecule has 7 nitrogen and oxygen atoms in total. The third-order valence-electron chi connectivity index (χ3n) is 4.42. The van der Waals surface area contributed by atoms with Crippen LogP contribution in [0.25, 0.3) is 10.9 Å². The smallest absolute Gasteiger partial charge is 0.296 e.